The normalized spacial score (nSPS) is 21.0. The molecule has 0 saturated carbocycles. The molecule has 1 fully saturated rings. The van der Waals surface area contributed by atoms with E-state index in [0.717, 1.165) is 37.4 Å². The molecule has 0 bridgehead atoms. The molecule has 1 unspecified atom stereocenters. The van der Waals surface area contributed by atoms with Gasteiger partial charge in [-0.25, -0.2) is 9.97 Å². The van der Waals surface area contributed by atoms with Crippen LogP contribution in [0.5, 0.6) is 0 Å². The van der Waals surface area contributed by atoms with Crippen molar-refractivity contribution in [1.82, 2.24) is 20.2 Å². The van der Waals surface area contributed by atoms with Gasteiger partial charge in [-0.1, -0.05) is 30.3 Å². The van der Waals surface area contributed by atoms with E-state index < -0.39 is 0 Å². The van der Waals surface area contributed by atoms with Crippen LogP contribution in [0.3, 0.4) is 0 Å². The van der Waals surface area contributed by atoms with Crippen LogP contribution in [0, 0.1) is 6.92 Å². The first-order chi connectivity index (χ1) is 11.5. The van der Waals surface area contributed by atoms with Gasteiger partial charge in [-0.3, -0.25) is 9.69 Å². The summed E-state index contributed by atoms with van der Waals surface area (Å²) < 4.78 is 0. The van der Waals surface area contributed by atoms with Crippen molar-refractivity contribution >= 4 is 5.91 Å². The number of hydrogen-bond acceptors (Lipinski definition) is 4. The Bertz CT molecular complexity index is 731. The van der Waals surface area contributed by atoms with Gasteiger partial charge in [0.25, 0.3) is 5.91 Å². The number of rotatable bonds is 4. The molecule has 1 aliphatic heterocycles. The van der Waals surface area contributed by atoms with E-state index in [1.807, 2.05) is 13.0 Å². The summed E-state index contributed by atoms with van der Waals surface area (Å²) in [7, 11) is 1.62. The standard InChI is InChI=1S/C19H24N4O/c1-14-12-16(17(24)20-3)22-18(21-14)19(2)10-7-11-23(19)13-15-8-5-4-6-9-15/h4-6,8-9,12H,7,10-11,13H2,1-3H3,(H,20,24). The fraction of sp³-hybridized carbons (Fsp3) is 0.421. The zero-order valence-electron chi connectivity index (χ0n) is 14.5. The molecule has 1 saturated heterocycles. The van der Waals surface area contributed by atoms with E-state index in [0.29, 0.717) is 5.69 Å². The highest BCUT2D eigenvalue weighted by Crippen LogP contribution is 2.37. The van der Waals surface area contributed by atoms with Crippen molar-refractivity contribution in [2.24, 2.45) is 0 Å². The van der Waals surface area contributed by atoms with Crippen LogP contribution in [-0.4, -0.2) is 34.4 Å². The summed E-state index contributed by atoms with van der Waals surface area (Å²) in [5, 5.41) is 2.65. The molecule has 3 rings (SSSR count). The van der Waals surface area contributed by atoms with E-state index in [2.05, 4.69) is 51.4 Å². The number of amides is 1. The summed E-state index contributed by atoms with van der Waals surface area (Å²) in [5.74, 6) is 0.576. The minimum absolute atomic E-state index is 0.169. The van der Waals surface area contributed by atoms with Crippen LogP contribution in [0.25, 0.3) is 0 Å². The van der Waals surface area contributed by atoms with Crippen molar-refractivity contribution in [3.8, 4) is 0 Å². The van der Waals surface area contributed by atoms with Gasteiger partial charge in [-0.15, -0.1) is 0 Å². The lowest BCUT2D eigenvalue weighted by molar-refractivity contribution is 0.0954. The lowest BCUT2D eigenvalue weighted by Crippen LogP contribution is -2.40. The second kappa shape index (κ2) is 6.69. The fourth-order valence-corrected chi connectivity index (χ4v) is 3.38. The van der Waals surface area contributed by atoms with E-state index in [4.69, 9.17) is 0 Å². The third-order valence-electron chi connectivity index (χ3n) is 4.80. The first-order valence-corrected chi connectivity index (χ1v) is 8.40. The average Bonchev–Trinajstić information content (AvgIpc) is 2.96. The summed E-state index contributed by atoms with van der Waals surface area (Å²) >= 11 is 0. The fourth-order valence-electron chi connectivity index (χ4n) is 3.38. The zero-order valence-corrected chi connectivity index (χ0v) is 14.5. The average molecular weight is 324 g/mol. The smallest absolute Gasteiger partial charge is 0.269 e. The van der Waals surface area contributed by atoms with Crippen molar-refractivity contribution in [1.29, 1.82) is 0 Å². The first-order valence-electron chi connectivity index (χ1n) is 8.40. The molecule has 1 amide bonds. The molecule has 1 aromatic carbocycles. The second-order valence-corrected chi connectivity index (χ2v) is 6.58. The Hall–Kier alpha value is -2.27. The minimum atomic E-state index is -0.245. The number of likely N-dealkylation sites (tertiary alicyclic amines) is 1. The predicted octanol–water partition coefficient (Wildman–Crippen LogP) is 2.66. The Labute approximate surface area is 143 Å². The Morgan fingerprint density at radius 1 is 1.29 bits per heavy atom. The zero-order chi connectivity index (χ0) is 17.2. The number of benzene rings is 1. The van der Waals surface area contributed by atoms with Gasteiger partial charge >= 0.3 is 0 Å². The number of carbonyl (C=O) groups is 1. The van der Waals surface area contributed by atoms with E-state index in [1.54, 1.807) is 13.1 Å². The quantitative estimate of drug-likeness (QED) is 0.939. The minimum Gasteiger partial charge on any atom is -0.354 e. The molecule has 5 heteroatoms. The molecule has 24 heavy (non-hydrogen) atoms. The van der Waals surface area contributed by atoms with Crippen molar-refractivity contribution < 1.29 is 4.79 Å². The third kappa shape index (κ3) is 3.17. The summed E-state index contributed by atoms with van der Waals surface area (Å²) in [4.78, 5) is 23.7. The molecular formula is C19H24N4O. The third-order valence-corrected chi connectivity index (χ3v) is 4.80. The van der Waals surface area contributed by atoms with Crippen molar-refractivity contribution in [2.75, 3.05) is 13.6 Å². The number of hydrogen-bond donors (Lipinski definition) is 1. The summed E-state index contributed by atoms with van der Waals surface area (Å²) in [5.41, 5.74) is 2.30. The number of nitrogens with one attached hydrogen (secondary N) is 1. The molecule has 0 aliphatic carbocycles. The van der Waals surface area contributed by atoms with Crippen molar-refractivity contribution in [3.05, 3.63) is 59.2 Å². The van der Waals surface area contributed by atoms with Gasteiger partial charge in [0, 0.05) is 19.3 Å². The largest absolute Gasteiger partial charge is 0.354 e. The van der Waals surface area contributed by atoms with Crippen LogP contribution in [0.2, 0.25) is 0 Å². The Kier molecular flexibility index (Phi) is 4.62. The summed E-state index contributed by atoms with van der Waals surface area (Å²) in [6.07, 6.45) is 2.10. The maximum absolute atomic E-state index is 12.0. The van der Waals surface area contributed by atoms with E-state index in [1.165, 1.54) is 5.56 Å². The first kappa shape index (κ1) is 16.6. The molecule has 1 aliphatic rings. The molecule has 5 nitrogen and oxygen atoms in total. The van der Waals surface area contributed by atoms with Gasteiger partial charge in [0.05, 0.1) is 5.54 Å². The van der Waals surface area contributed by atoms with Gasteiger partial charge in [0.2, 0.25) is 0 Å². The highest BCUT2D eigenvalue weighted by Gasteiger charge is 2.41. The Balaban J connectivity index is 1.94. The molecule has 0 spiro atoms. The lowest BCUT2D eigenvalue weighted by Gasteiger charge is -2.34. The number of aryl methyl sites for hydroxylation is 1. The van der Waals surface area contributed by atoms with E-state index in [9.17, 15) is 4.79 Å². The van der Waals surface area contributed by atoms with Gasteiger partial charge < -0.3 is 5.32 Å². The van der Waals surface area contributed by atoms with Crippen LogP contribution >= 0.6 is 0 Å². The van der Waals surface area contributed by atoms with Gasteiger partial charge in [0.1, 0.15) is 11.5 Å². The van der Waals surface area contributed by atoms with Crippen LogP contribution in [-0.2, 0) is 12.1 Å². The Morgan fingerprint density at radius 3 is 2.75 bits per heavy atom. The molecule has 2 aromatic rings. The highest BCUT2D eigenvalue weighted by molar-refractivity contribution is 5.92. The molecule has 1 atom stereocenters. The van der Waals surface area contributed by atoms with Crippen molar-refractivity contribution in [3.63, 3.8) is 0 Å². The van der Waals surface area contributed by atoms with Gasteiger partial charge in [0.15, 0.2) is 0 Å². The summed E-state index contributed by atoms with van der Waals surface area (Å²) in [6.45, 7) is 5.98. The maximum atomic E-state index is 12.0. The SMILES string of the molecule is CNC(=O)c1cc(C)nc(C2(C)CCCN2Cc2ccccc2)n1. The lowest BCUT2D eigenvalue weighted by atomic mass is 9.96. The molecule has 2 heterocycles. The van der Waals surface area contributed by atoms with Crippen LogP contribution < -0.4 is 5.32 Å². The monoisotopic (exact) mass is 324 g/mol. The predicted molar refractivity (Wildman–Crippen MR) is 93.6 cm³/mol. The topological polar surface area (TPSA) is 58.1 Å². The molecule has 1 aromatic heterocycles. The van der Waals surface area contributed by atoms with E-state index >= 15 is 0 Å². The van der Waals surface area contributed by atoms with E-state index in [-0.39, 0.29) is 11.4 Å². The van der Waals surface area contributed by atoms with Crippen LogP contribution in [0.1, 0.15) is 47.3 Å². The number of aromatic nitrogens is 2. The Morgan fingerprint density at radius 2 is 2.04 bits per heavy atom. The number of nitrogens with zero attached hydrogens (tertiary/aromatic N) is 3. The highest BCUT2D eigenvalue weighted by atomic mass is 16.1. The number of carbonyl (C=O) groups excluding carboxylic acids is 1. The van der Waals surface area contributed by atoms with Crippen molar-refractivity contribution in [2.45, 2.75) is 38.8 Å². The molecule has 0 radical (unpaired) electrons. The van der Waals surface area contributed by atoms with Crippen LogP contribution in [0.15, 0.2) is 36.4 Å². The molecule has 1 N–H and O–H groups in total. The van der Waals surface area contributed by atoms with Gasteiger partial charge in [-0.05, 0) is 44.9 Å². The maximum Gasteiger partial charge on any atom is 0.269 e. The molecular weight excluding hydrogens is 300 g/mol. The summed E-state index contributed by atoms with van der Waals surface area (Å²) in [6, 6.07) is 12.2. The molecule has 126 valence electrons. The second-order valence-electron chi connectivity index (χ2n) is 6.58. The van der Waals surface area contributed by atoms with Gasteiger partial charge in [-0.2, -0.15) is 0 Å². The van der Waals surface area contributed by atoms with Crippen LogP contribution in [0.4, 0.5) is 0 Å².